The summed E-state index contributed by atoms with van der Waals surface area (Å²) in [6.07, 6.45) is 4.55. The molecule has 21 heavy (non-hydrogen) atoms. The average molecular weight is 311 g/mol. The van der Waals surface area contributed by atoms with Gasteiger partial charge in [-0.25, -0.2) is 12.7 Å². The van der Waals surface area contributed by atoms with Gasteiger partial charge in [-0.15, -0.1) is 0 Å². The predicted octanol–water partition coefficient (Wildman–Crippen LogP) is 0.922. The van der Waals surface area contributed by atoms with Crippen LogP contribution >= 0.6 is 0 Å². The quantitative estimate of drug-likeness (QED) is 0.832. The van der Waals surface area contributed by atoms with Gasteiger partial charge in [0, 0.05) is 45.0 Å². The highest BCUT2D eigenvalue weighted by molar-refractivity contribution is 7.88. The number of aromatic nitrogens is 1. The smallest absolute Gasteiger partial charge is 0.254 e. The largest absolute Gasteiger partial charge is 0.345 e. The van der Waals surface area contributed by atoms with Crippen LogP contribution in [0, 0.1) is 0 Å². The zero-order valence-electron chi connectivity index (χ0n) is 12.6. The molecule has 0 spiro atoms. The molecule has 0 aliphatic carbocycles. The van der Waals surface area contributed by atoms with Gasteiger partial charge in [0.15, 0.2) is 0 Å². The fraction of sp³-hybridized carbons (Fsp3) is 0.571. The van der Waals surface area contributed by atoms with Crippen LogP contribution in [-0.2, 0) is 10.0 Å². The first kappa shape index (κ1) is 15.9. The van der Waals surface area contributed by atoms with E-state index in [0.717, 1.165) is 18.5 Å². The van der Waals surface area contributed by atoms with Gasteiger partial charge in [-0.1, -0.05) is 0 Å². The molecule has 1 aliphatic heterocycles. The van der Waals surface area contributed by atoms with Crippen molar-refractivity contribution < 1.29 is 13.2 Å². The van der Waals surface area contributed by atoms with E-state index in [1.807, 2.05) is 6.07 Å². The van der Waals surface area contributed by atoms with Gasteiger partial charge in [0.2, 0.25) is 10.0 Å². The molecule has 7 heteroatoms. The monoisotopic (exact) mass is 311 g/mol. The SMILES string of the molecule is CN(C)C(=O)c1ccc(C2CCCN(S(C)(=O)=O)C2)nc1. The molecule has 1 amide bonds. The van der Waals surface area contributed by atoms with Crippen molar-refractivity contribution in [2.75, 3.05) is 33.4 Å². The van der Waals surface area contributed by atoms with Crippen molar-refractivity contribution in [3.05, 3.63) is 29.6 Å². The van der Waals surface area contributed by atoms with Gasteiger partial charge >= 0.3 is 0 Å². The first-order valence-electron chi connectivity index (χ1n) is 6.92. The van der Waals surface area contributed by atoms with Crippen LogP contribution in [0.3, 0.4) is 0 Å². The minimum absolute atomic E-state index is 0.0875. The van der Waals surface area contributed by atoms with Crippen molar-refractivity contribution in [1.82, 2.24) is 14.2 Å². The van der Waals surface area contributed by atoms with Crippen molar-refractivity contribution >= 4 is 15.9 Å². The van der Waals surface area contributed by atoms with Gasteiger partial charge in [-0.05, 0) is 25.0 Å². The lowest BCUT2D eigenvalue weighted by Gasteiger charge is -2.30. The van der Waals surface area contributed by atoms with Crippen LogP contribution in [0.25, 0.3) is 0 Å². The van der Waals surface area contributed by atoms with E-state index in [1.165, 1.54) is 15.5 Å². The van der Waals surface area contributed by atoms with E-state index in [9.17, 15) is 13.2 Å². The molecule has 0 radical (unpaired) electrons. The molecule has 1 unspecified atom stereocenters. The van der Waals surface area contributed by atoms with Crippen molar-refractivity contribution in [1.29, 1.82) is 0 Å². The summed E-state index contributed by atoms with van der Waals surface area (Å²) in [5, 5.41) is 0. The number of sulfonamides is 1. The number of hydrogen-bond acceptors (Lipinski definition) is 4. The number of carbonyl (C=O) groups is 1. The number of carbonyl (C=O) groups excluding carboxylic acids is 1. The molecule has 1 aromatic rings. The predicted molar refractivity (Wildman–Crippen MR) is 80.6 cm³/mol. The van der Waals surface area contributed by atoms with Gasteiger partial charge in [0.1, 0.15) is 0 Å². The van der Waals surface area contributed by atoms with Gasteiger partial charge in [-0.3, -0.25) is 9.78 Å². The van der Waals surface area contributed by atoms with E-state index in [0.29, 0.717) is 18.7 Å². The molecule has 1 fully saturated rings. The van der Waals surface area contributed by atoms with Gasteiger partial charge in [-0.2, -0.15) is 0 Å². The van der Waals surface area contributed by atoms with E-state index in [-0.39, 0.29) is 11.8 Å². The molecule has 0 bridgehead atoms. The van der Waals surface area contributed by atoms with Crippen molar-refractivity contribution in [3.8, 4) is 0 Å². The number of amides is 1. The molecule has 2 heterocycles. The third-order valence-electron chi connectivity index (χ3n) is 3.71. The second kappa shape index (κ2) is 6.11. The molecule has 0 saturated carbocycles. The molecule has 116 valence electrons. The molecule has 6 nitrogen and oxygen atoms in total. The normalized spacial score (nSPS) is 20.2. The lowest BCUT2D eigenvalue weighted by molar-refractivity contribution is 0.0827. The van der Waals surface area contributed by atoms with E-state index in [2.05, 4.69) is 4.98 Å². The van der Waals surface area contributed by atoms with Crippen LogP contribution in [0.1, 0.15) is 34.8 Å². The van der Waals surface area contributed by atoms with Crippen molar-refractivity contribution in [2.24, 2.45) is 0 Å². The number of hydrogen-bond donors (Lipinski definition) is 0. The van der Waals surface area contributed by atoms with E-state index < -0.39 is 10.0 Å². The van der Waals surface area contributed by atoms with Crippen LogP contribution < -0.4 is 0 Å². The second-order valence-electron chi connectivity index (χ2n) is 5.63. The highest BCUT2D eigenvalue weighted by Gasteiger charge is 2.27. The summed E-state index contributed by atoms with van der Waals surface area (Å²) in [4.78, 5) is 17.7. The van der Waals surface area contributed by atoms with Crippen LogP contribution in [0.5, 0.6) is 0 Å². The maximum atomic E-state index is 11.8. The number of rotatable bonds is 3. The maximum absolute atomic E-state index is 11.8. The zero-order chi connectivity index (χ0) is 15.6. The Morgan fingerprint density at radius 3 is 2.62 bits per heavy atom. The van der Waals surface area contributed by atoms with E-state index >= 15 is 0 Å². The molecular weight excluding hydrogens is 290 g/mol. The Bertz CT molecular complexity index is 611. The van der Waals surface area contributed by atoms with Crippen LogP contribution in [0.2, 0.25) is 0 Å². The second-order valence-corrected chi connectivity index (χ2v) is 7.61. The number of piperidine rings is 1. The Morgan fingerprint density at radius 2 is 2.10 bits per heavy atom. The topological polar surface area (TPSA) is 70.6 Å². The molecule has 1 aliphatic rings. The molecule has 1 aromatic heterocycles. The molecule has 2 rings (SSSR count). The summed E-state index contributed by atoms with van der Waals surface area (Å²) < 4.78 is 24.8. The zero-order valence-corrected chi connectivity index (χ0v) is 13.4. The maximum Gasteiger partial charge on any atom is 0.254 e. The molecule has 0 N–H and O–H groups in total. The number of pyridine rings is 1. The third-order valence-corrected chi connectivity index (χ3v) is 4.98. The van der Waals surface area contributed by atoms with Crippen LogP contribution in [0.15, 0.2) is 18.3 Å². The summed E-state index contributed by atoms with van der Waals surface area (Å²) in [6.45, 7) is 1.04. The lowest BCUT2D eigenvalue weighted by Crippen LogP contribution is -2.38. The highest BCUT2D eigenvalue weighted by atomic mass is 32.2. The lowest BCUT2D eigenvalue weighted by atomic mass is 9.95. The Hall–Kier alpha value is -1.47. The minimum Gasteiger partial charge on any atom is -0.345 e. The number of nitrogens with zero attached hydrogens (tertiary/aromatic N) is 3. The standard InChI is InChI=1S/C14H21N3O3S/c1-16(2)14(18)11-6-7-13(15-9-11)12-5-4-8-17(10-12)21(3,19)20/h6-7,9,12H,4-5,8,10H2,1-3H3. The Kier molecular flexibility index (Phi) is 4.63. The summed E-state index contributed by atoms with van der Waals surface area (Å²) in [6, 6.07) is 3.58. The third kappa shape index (κ3) is 3.79. The van der Waals surface area contributed by atoms with E-state index in [4.69, 9.17) is 0 Å². The Morgan fingerprint density at radius 1 is 1.38 bits per heavy atom. The molecule has 1 saturated heterocycles. The fourth-order valence-electron chi connectivity index (χ4n) is 2.52. The van der Waals surface area contributed by atoms with Crippen molar-refractivity contribution in [2.45, 2.75) is 18.8 Å². The minimum atomic E-state index is -3.15. The summed E-state index contributed by atoms with van der Waals surface area (Å²) in [7, 11) is 0.237. The Balaban J connectivity index is 2.13. The molecular formula is C14H21N3O3S. The average Bonchev–Trinajstić information content (AvgIpc) is 2.46. The molecule has 0 aromatic carbocycles. The van der Waals surface area contributed by atoms with Crippen LogP contribution in [-0.4, -0.2) is 62.0 Å². The van der Waals surface area contributed by atoms with Crippen LogP contribution in [0.4, 0.5) is 0 Å². The molecule has 1 atom stereocenters. The fourth-order valence-corrected chi connectivity index (χ4v) is 3.43. The summed E-state index contributed by atoms with van der Waals surface area (Å²) >= 11 is 0. The summed E-state index contributed by atoms with van der Waals surface area (Å²) in [5.41, 5.74) is 1.39. The Labute approximate surface area is 125 Å². The van der Waals surface area contributed by atoms with Gasteiger partial charge in [0.05, 0.1) is 11.8 Å². The van der Waals surface area contributed by atoms with Crippen molar-refractivity contribution in [3.63, 3.8) is 0 Å². The first-order chi connectivity index (χ1) is 9.79. The first-order valence-corrected chi connectivity index (χ1v) is 8.76. The van der Waals surface area contributed by atoms with E-state index in [1.54, 1.807) is 26.4 Å². The highest BCUT2D eigenvalue weighted by Crippen LogP contribution is 2.26. The summed E-state index contributed by atoms with van der Waals surface area (Å²) in [5.74, 6) is 0.00689. The van der Waals surface area contributed by atoms with Gasteiger partial charge < -0.3 is 4.90 Å². The van der Waals surface area contributed by atoms with Gasteiger partial charge in [0.25, 0.3) is 5.91 Å².